The van der Waals surface area contributed by atoms with Crippen LogP contribution in [0.3, 0.4) is 0 Å². The van der Waals surface area contributed by atoms with Crippen LogP contribution in [0.2, 0.25) is 0 Å². The van der Waals surface area contributed by atoms with Gasteiger partial charge in [0, 0.05) is 17.1 Å². The normalized spacial score (nSPS) is 12.1. The Morgan fingerprint density at radius 2 is 1.29 bits per heavy atom. The van der Waals surface area contributed by atoms with Gasteiger partial charge in [0.25, 0.3) is 0 Å². The van der Waals surface area contributed by atoms with Crippen LogP contribution < -0.4 is 0 Å². The maximum absolute atomic E-state index is 10.2. The van der Waals surface area contributed by atoms with Crippen molar-refractivity contribution in [2.75, 3.05) is 6.61 Å². The minimum atomic E-state index is -2.69. The van der Waals surface area contributed by atoms with Crippen LogP contribution in [-0.2, 0) is 26.2 Å². The summed E-state index contributed by atoms with van der Waals surface area (Å²) in [7, 11) is -2.69. The fourth-order valence-corrected chi connectivity index (χ4v) is 2.07. The summed E-state index contributed by atoms with van der Waals surface area (Å²) in [6.07, 6.45) is 12.7. The first kappa shape index (κ1) is 20.0. The van der Waals surface area contributed by atoms with Crippen molar-refractivity contribution in [2.45, 2.75) is 71.1 Å². The standard InChI is InChI=1S/C12H27O3P.Fe/c1-2-3-4-5-6-7-8-9-10-11-12-15-16(13)14;/h16H,2-12H2,1H3,(H,13,14);. The Hall–Kier alpha value is 0.669. The molecule has 0 spiro atoms. The second-order valence-electron chi connectivity index (χ2n) is 4.30. The summed E-state index contributed by atoms with van der Waals surface area (Å²) in [6, 6.07) is 0. The van der Waals surface area contributed by atoms with Crippen molar-refractivity contribution in [2.24, 2.45) is 0 Å². The van der Waals surface area contributed by atoms with Gasteiger partial charge in [0.1, 0.15) is 0 Å². The molecule has 0 amide bonds. The van der Waals surface area contributed by atoms with Crippen molar-refractivity contribution in [3.8, 4) is 0 Å². The van der Waals surface area contributed by atoms with Gasteiger partial charge >= 0.3 is 8.25 Å². The van der Waals surface area contributed by atoms with E-state index in [9.17, 15) is 4.57 Å². The first-order chi connectivity index (χ1) is 7.77. The summed E-state index contributed by atoms with van der Waals surface area (Å²) >= 11 is 0. The Kier molecular flexibility index (Phi) is 19.6. The molecule has 0 aliphatic rings. The molecule has 0 radical (unpaired) electrons. The van der Waals surface area contributed by atoms with Gasteiger partial charge in [-0.1, -0.05) is 64.7 Å². The van der Waals surface area contributed by atoms with E-state index in [1.807, 2.05) is 0 Å². The smallest absolute Gasteiger partial charge is 0.316 e. The SMILES string of the molecule is CCCCCCCCCCCCO[PH](=O)O.[Fe]. The van der Waals surface area contributed by atoms with Crippen LogP contribution in [0, 0.1) is 0 Å². The van der Waals surface area contributed by atoms with Crippen LogP contribution in [0.5, 0.6) is 0 Å². The van der Waals surface area contributed by atoms with Gasteiger partial charge in [-0.05, 0) is 6.42 Å². The molecule has 5 heteroatoms. The molecule has 0 bridgehead atoms. The maximum atomic E-state index is 10.2. The van der Waals surface area contributed by atoms with Crippen LogP contribution in [0.4, 0.5) is 0 Å². The first-order valence-corrected chi connectivity index (χ1v) is 7.89. The van der Waals surface area contributed by atoms with Crippen LogP contribution in [0.15, 0.2) is 0 Å². The number of rotatable bonds is 12. The van der Waals surface area contributed by atoms with E-state index in [4.69, 9.17) is 4.89 Å². The summed E-state index contributed by atoms with van der Waals surface area (Å²) in [5, 5.41) is 0. The third-order valence-electron chi connectivity index (χ3n) is 2.72. The third-order valence-corrected chi connectivity index (χ3v) is 3.17. The topological polar surface area (TPSA) is 46.5 Å². The van der Waals surface area contributed by atoms with E-state index in [1.165, 1.54) is 51.4 Å². The van der Waals surface area contributed by atoms with E-state index in [0.717, 1.165) is 12.8 Å². The average Bonchev–Trinajstić information content (AvgIpc) is 2.25. The fourth-order valence-electron chi connectivity index (χ4n) is 1.75. The Morgan fingerprint density at radius 3 is 1.71 bits per heavy atom. The second kappa shape index (κ2) is 16.7. The molecule has 1 atom stereocenters. The zero-order valence-electron chi connectivity index (χ0n) is 10.9. The summed E-state index contributed by atoms with van der Waals surface area (Å²) in [5.74, 6) is 0. The number of hydrogen-bond acceptors (Lipinski definition) is 2. The second-order valence-corrected chi connectivity index (χ2v) is 5.12. The van der Waals surface area contributed by atoms with Crippen molar-refractivity contribution in [1.29, 1.82) is 0 Å². The van der Waals surface area contributed by atoms with E-state index in [0.29, 0.717) is 6.61 Å². The van der Waals surface area contributed by atoms with E-state index in [-0.39, 0.29) is 17.1 Å². The maximum Gasteiger partial charge on any atom is 0.316 e. The zero-order valence-corrected chi connectivity index (χ0v) is 13.0. The van der Waals surface area contributed by atoms with E-state index < -0.39 is 8.25 Å². The molecule has 0 heterocycles. The molecule has 1 N–H and O–H groups in total. The average molecular weight is 306 g/mol. The number of unbranched alkanes of at least 4 members (excludes halogenated alkanes) is 9. The largest absolute Gasteiger partial charge is 0.326 e. The molecule has 0 aliphatic heterocycles. The van der Waals surface area contributed by atoms with Crippen molar-refractivity contribution in [3.05, 3.63) is 0 Å². The molecule has 0 aliphatic carbocycles. The molecule has 0 saturated carbocycles. The van der Waals surface area contributed by atoms with Crippen LogP contribution in [0.25, 0.3) is 0 Å². The van der Waals surface area contributed by atoms with Gasteiger partial charge in [0.05, 0.1) is 6.61 Å². The van der Waals surface area contributed by atoms with Crippen LogP contribution in [-0.4, -0.2) is 11.5 Å². The Bertz CT molecular complexity index is 168. The minimum Gasteiger partial charge on any atom is -0.326 e. The quantitative estimate of drug-likeness (QED) is 0.332. The van der Waals surface area contributed by atoms with Gasteiger partial charge in [-0.2, -0.15) is 0 Å². The zero-order chi connectivity index (χ0) is 12.1. The van der Waals surface area contributed by atoms with Crippen molar-refractivity contribution in [3.63, 3.8) is 0 Å². The van der Waals surface area contributed by atoms with E-state index in [2.05, 4.69) is 11.4 Å². The molecule has 0 aromatic carbocycles. The fraction of sp³-hybridized carbons (Fsp3) is 1.00. The Balaban J connectivity index is 0. The molecule has 1 unspecified atom stereocenters. The number of hydrogen-bond donors (Lipinski definition) is 1. The van der Waals surface area contributed by atoms with Crippen LogP contribution in [0.1, 0.15) is 71.1 Å². The van der Waals surface area contributed by atoms with Crippen LogP contribution >= 0.6 is 8.25 Å². The van der Waals surface area contributed by atoms with Gasteiger partial charge in [0.15, 0.2) is 0 Å². The van der Waals surface area contributed by atoms with Crippen molar-refractivity contribution >= 4 is 8.25 Å². The summed E-state index contributed by atoms with van der Waals surface area (Å²) in [5.41, 5.74) is 0. The minimum absolute atomic E-state index is 0. The molecule has 0 fully saturated rings. The summed E-state index contributed by atoms with van der Waals surface area (Å²) < 4.78 is 14.8. The molecule has 0 saturated heterocycles. The first-order valence-electron chi connectivity index (χ1n) is 6.63. The summed E-state index contributed by atoms with van der Waals surface area (Å²) in [6.45, 7) is 2.67. The van der Waals surface area contributed by atoms with E-state index in [1.54, 1.807) is 0 Å². The Morgan fingerprint density at radius 1 is 0.882 bits per heavy atom. The van der Waals surface area contributed by atoms with Crippen molar-refractivity contribution < 1.29 is 31.1 Å². The molecular formula is C12H27FeO3P. The van der Waals surface area contributed by atoms with Gasteiger partial charge < -0.3 is 9.42 Å². The monoisotopic (exact) mass is 306 g/mol. The van der Waals surface area contributed by atoms with Crippen molar-refractivity contribution in [1.82, 2.24) is 0 Å². The van der Waals surface area contributed by atoms with Gasteiger partial charge in [-0.25, -0.2) is 0 Å². The Labute approximate surface area is 117 Å². The molecule has 106 valence electrons. The molecule has 0 rings (SSSR count). The predicted molar refractivity (Wildman–Crippen MR) is 69.0 cm³/mol. The molecule has 3 nitrogen and oxygen atoms in total. The van der Waals surface area contributed by atoms with Gasteiger partial charge in [-0.15, -0.1) is 0 Å². The summed E-state index contributed by atoms with van der Waals surface area (Å²) in [4.78, 5) is 8.42. The van der Waals surface area contributed by atoms with Gasteiger partial charge in [0.2, 0.25) is 0 Å². The third kappa shape index (κ3) is 19.2. The molecular weight excluding hydrogens is 279 g/mol. The predicted octanol–water partition coefficient (Wildman–Crippen LogP) is 4.30. The molecule has 0 aromatic rings. The van der Waals surface area contributed by atoms with Gasteiger partial charge in [-0.3, -0.25) is 4.57 Å². The molecule has 0 aromatic heterocycles. The van der Waals surface area contributed by atoms with E-state index >= 15 is 0 Å². The molecule has 17 heavy (non-hydrogen) atoms.